The quantitative estimate of drug-likeness (QED) is 0.298. The summed E-state index contributed by atoms with van der Waals surface area (Å²) in [6.45, 7) is 7.53. The predicted octanol–water partition coefficient (Wildman–Crippen LogP) is 3.24. The molecule has 0 unspecified atom stereocenters. The zero-order chi connectivity index (χ0) is 22.8. The van der Waals surface area contributed by atoms with Crippen LogP contribution in [0.25, 0.3) is 0 Å². The van der Waals surface area contributed by atoms with Crippen LogP contribution in [-0.4, -0.2) is 66.8 Å². The first-order valence-electron chi connectivity index (χ1n) is 12.4. The van der Waals surface area contributed by atoms with Crippen LogP contribution in [0, 0.1) is 33.3 Å². The minimum atomic E-state index is -0.367. The summed E-state index contributed by atoms with van der Waals surface area (Å²) in [4.78, 5) is 28.1. The van der Waals surface area contributed by atoms with E-state index in [0.717, 1.165) is 57.9 Å². The summed E-state index contributed by atoms with van der Waals surface area (Å²) in [5.41, 5.74) is 1.46. The Labute approximate surface area is 194 Å². The van der Waals surface area contributed by atoms with E-state index in [1.807, 2.05) is 12.1 Å². The van der Waals surface area contributed by atoms with Crippen LogP contribution in [0.5, 0.6) is 0 Å². The summed E-state index contributed by atoms with van der Waals surface area (Å²) in [6, 6.07) is 6.78. The van der Waals surface area contributed by atoms with Gasteiger partial charge in [-0.1, -0.05) is 6.92 Å². The molecular formula is C25H33N3O5. The minimum absolute atomic E-state index is 0.00388. The number of nitro benzene ring substituents is 1. The Morgan fingerprint density at radius 3 is 2.55 bits per heavy atom. The molecule has 5 fully saturated rings. The van der Waals surface area contributed by atoms with Crippen molar-refractivity contribution in [2.75, 3.05) is 44.2 Å². The molecule has 0 amide bonds. The number of carbonyl (C=O) groups excluding carboxylic acids is 1. The number of fused-ring (bicyclic) bond motifs is 3. The molecule has 2 saturated carbocycles. The number of nitro groups is 1. The lowest BCUT2D eigenvalue weighted by Crippen LogP contribution is -2.52. The van der Waals surface area contributed by atoms with Crippen molar-refractivity contribution in [1.82, 2.24) is 4.90 Å². The zero-order valence-corrected chi connectivity index (χ0v) is 19.3. The van der Waals surface area contributed by atoms with Crippen molar-refractivity contribution in [1.29, 1.82) is 0 Å². The van der Waals surface area contributed by atoms with Gasteiger partial charge < -0.3 is 14.4 Å². The van der Waals surface area contributed by atoms with E-state index in [1.165, 1.54) is 19.3 Å². The van der Waals surface area contributed by atoms with Gasteiger partial charge in [-0.05, 0) is 55.6 Å². The first-order chi connectivity index (χ1) is 15.9. The topological polar surface area (TPSA) is 88.5 Å². The van der Waals surface area contributed by atoms with Crippen LogP contribution >= 0.6 is 0 Å². The van der Waals surface area contributed by atoms with Crippen molar-refractivity contribution in [3.63, 3.8) is 0 Å². The van der Waals surface area contributed by atoms with E-state index in [4.69, 9.17) is 9.47 Å². The molecule has 3 heterocycles. The number of piperazine rings is 1. The van der Waals surface area contributed by atoms with Crippen LogP contribution in [0.2, 0.25) is 0 Å². The molecule has 1 spiro atoms. The Morgan fingerprint density at radius 1 is 1.15 bits per heavy atom. The second kappa shape index (κ2) is 7.67. The van der Waals surface area contributed by atoms with Crippen molar-refractivity contribution >= 4 is 17.3 Å². The van der Waals surface area contributed by atoms with E-state index in [1.54, 1.807) is 12.1 Å². The van der Waals surface area contributed by atoms with Gasteiger partial charge in [0, 0.05) is 56.5 Å². The van der Waals surface area contributed by atoms with Gasteiger partial charge in [-0.3, -0.25) is 19.8 Å². The summed E-state index contributed by atoms with van der Waals surface area (Å²) >= 11 is 0. The molecule has 0 radical (unpaired) electrons. The maximum absolute atomic E-state index is 12.9. The fourth-order valence-electron chi connectivity index (χ4n) is 7.42. The fraction of sp³-hybridized carbons (Fsp3) is 0.720. The van der Waals surface area contributed by atoms with Crippen LogP contribution in [0.3, 0.4) is 0 Å². The normalized spacial score (nSPS) is 40.3. The summed E-state index contributed by atoms with van der Waals surface area (Å²) in [6.07, 6.45) is 5.73. The SMILES string of the molecule is C[C@]12CCC[C@]3(CO3)[C@@H]1C[C@H]1[C@H](CN3CCN(c4ccc([N+](=O)[O-])cc4)CC3)C(=O)O[C@@H]1C2. The van der Waals surface area contributed by atoms with Gasteiger partial charge in [0.05, 0.1) is 23.0 Å². The molecule has 33 heavy (non-hydrogen) atoms. The molecule has 2 aliphatic carbocycles. The number of ether oxygens (including phenoxy) is 2. The third-order valence-electron chi connectivity index (χ3n) is 9.33. The average molecular weight is 456 g/mol. The Bertz CT molecular complexity index is 940. The summed E-state index contributed by atoms with van der Waals surface area (Å²) in [7, 11) is 0. The van der Waals surface area contributed by atoms with E-state index < -0.39 is 0 Å². The number of non-ortho nitro benzene ring substituents is 1. The number of nitrogens with zero attached hydrogens (tertiary/aromatic N) is 3. The van der Waals surface area contributed by atoms with Crippen LogP contribution in [-0.2, 0) is 14.3 Å². The standard InChI is InChI=1S/C25H33N3O5/c1-24-7-2-8-25(16-32-25)22(24)13-19-20(23(29)33-21(19)14-24)15-26-9-11-27(12-10-26)17-3-5-18(6-4-17)28(30)31/h3-6,19-22H,2,7-16H2,1H3/t19-,20-,21+,22+,24+,25-/m0/s1. The summed E-state index contributed by atoms with van der Waals surface area (Å²) < 4.78 is 12.0. The third-order valence-corrected chi connectivity index (χ3v) is 9.33. The molecule has 1 aromatic rings. The number of esters is 1. The van der Waals surface area contributed by atoms with Gasteiger partial charge in [0.25, 0.3) is 5.69 Å². The lowest BCUT2D eigenvalue weighted by molar-refractivity contribution is -0.384. The van der Waals surface area contributed by atoms with E-state index in [-0.39, 0.29) is 39.6 Å². The van der Waals surface area contributed by atoms with E-state index in [2.05, 4.69) is 16.7 Å². The van der Waals surface area contributed by atoms with Crippen LogP contribution in [0.4, 0.5) is 11.4 Å². The van der Waals surface area contributed by atoms with Gasteiger partial charge in [0.15, 0.2) is 0 Å². The Morgan fingerprint density at radius 2 is 1.88 bits per heavy atom. The highest BCUT2D eigenvalue weighted by atomic mass is 16.6. The zero-order valence-electron chi connectivity index (χ0n) is 19.3. The van der Waals surface area contributed by atoms with Crippen molar-refractivity contribution in [2.45, 2.75) is 50.7 Å². The number of anilines is 1. The largest absolute Gasteiger partial charge is 0.462 e. The molecule has 0 bridgehead atoms. The van der Waals surface area contributed by atoms with Gasteiger partial charge in [0.2, 0.25) is 0 Å². The van der Waals surface area contributed by atoms with Gasteiger partial charge in [-0.2, -0.15) is 0 Å². The molecule has 6 rings (SSSR count). The van der Waals surface area contributed by atoms with Crippen molar-refractivity contribution in [3.8, 4) is 0 Å². The maximum Gasteiger partial charge on any atom is 0.310 e. The second-order valence-corrected chi connectivity index (χ2v) is 11.2. The molecule has 8 heteroatoms. The Balaban J connectivity index is 1.09. The highest BCUT2D eigenvalue weighted by Crippen LogP contribution is 2.62. The molecule has 3 aliphatic heterocycles. The van der Waals surface area contributed by atoms with Crippen molar-refractivity contribution in [3.05, 3.63) is 34.4 Å². The fourth-order valence-corrected chi connectivity index (χ4v) is 7.42. The van der Waals surface area contributed by atoms with Crippen molar-refractivity contribution in [2.24, 2.45) is 23.2 Å². The van der Waals surface area contributed by atoms with Gasteiger partial charge >= 0.3 is 5.97 Å². The van der Waals surface area contributed by atoms with Gasteiger partial charge in [-0.25, -0.2) is 0 Å². The van der Waals surface area contributed by atoms with Crippen molar-refractivity contribution < 1.29 is 19.2 Å². The van der Waals surface area contributed by atoms with Crippen LogP contribution < -0.4 is 4.90 Å². The number of benzene rings is 1. The first-order valence-corrected chi connectivity index (χ1v) is 12.4. The molecule has 0 aromatic heterocycles. The van der Waals surface area contributed by atoms with Gasteiger partial charge in [0.1, 0.15) is 6.10 Å². The number of rotatable bonds is 4. The lowest BCUT2D eigenvalue weighted by Gasteiger charge is -2.51. The van der Waals surface area contributed by atoms with Crippen LogP contribution in [0.1, 0.15) is 39.0 Å². The average Bonchev–Trinajstić information content (AvgIpc) is 3.51. The number of carbonyl (C=O) groups is 1. The maximum atomic E-state index is 12.9. The molecule has 0 N–H and O–H groups in total. The second-order valence-electron chi connectivity index (χ2n) is 11.2. The molecule has 6 atom stereocenters. The monoisotopic (exact) mass is 455 g/mol. The van der Waals surface area contributed by atoms with Gasteiger partial charge in [-0.15, -0.1) is 0 Å². The van der Waals surface area contributed by atoms with Crippen LogP contribution in [0.15, 0.2) is 24.3 Å². The molecular weight excluding hydrogens is 422 g/mol. The molecule has 1 aromatic carbocycles. The number of hydrogen-bond acceptors (Lipinski definition) is 7. The highest BCUT2D eigenvalue weighted by Gasteiger charge is 2.65. The molecule has 3 saturated heterocycles. The van der Waals surface area contributed by atoms with E-state index >= 15 is 0 Å². The smallest absolute Gasteiger partial charge is 0.310 e. The number of hydrogen-bond donors (Lipinski definition) is 0. The summed E-state index contributed by atoms with van der Waals surface area (Å²) in [5, 5.41) is 10.9. The lowest BCUT2D eigenvalue weighted by atomic mass is 9.53. The first kappa shape index (κ1) is 21.4. The number of epoxide rings is 1. The van der Waals surface area contributed by atoms with E-state index in [9.17, 15) is 14.9 Å². The minimum Gasteiger partial charge on any atom is -0.462 e. The third kappa shape index (κ3) is 3.62. The highest BCUT2D eigenvalue weighted by molar-refractivity contribution is 5.75. The van der Waals surface area contributed by atoms with E-state index in [0.29, 0.717) is 11.8 Å². The Hall–Kier alpha value is -2.19. The molecule has 8 nitrogen and oxygen atoms in total. The predicted molar refractivity (Wildman–Crippen MR) is 122 cm³/mol. The summed E-state index contributed by atoms with van der Waals surface area (Å²) in [5.74, 6) is 0.817. The Kier molecular flexibility index (Phi) is 4.96. The molecule has 5 aliphatic rings. The molecule has 178 valence electrons.